The Morgan fingerprint density at radius 1 is 1.21 bits per heavy atom. The van der Waals surface area contributed by atoms with Crippen molar-refractivity contribution in [1.29, 1.82) is 5.26 Å². The maximum absolute atomic E-state index is 13.2. The van der Waals surface area contributed by atoms with Gasteiger partial charge in [0.1, 0.15) is 16.7 Å². The van der Waals surface area contributed by atoms with E-state index in [0.717, 1.165) is 15.6 Å². The molecular weight excluding hydrogens is 438 g/mol. The summed E-state index contributed by atoms with van der Waals surface area (Å²) in [6.07, 6.45) is 0.509. The van der Waals surface area contributed by atoms with Crippen LogP contribution in [0.15, 0.2) is 63.6 Å². The van der Waals surface area contributed by atoms with Crippen LogP contribution in [-0.2, 0) is 16.0 Å². The van der Waals surface area contributed by atoms with Crippen LogP contribution in [0.1, 0.15) is 11.1 Å². The first kappa shape index (κ1) is 20.2. The minimum Gasteiger partial charge on any atom is -0.354 e. The van der Waals surface area contributed by atoms with Crippen molar-refractivity contribution >= 4 is 45.2 Å². The van der Waals surface area contributed by atoms with Crippen molar-refractivity contribution in [3.05, 3.63) is 74.7 Å². The van der Waals surface area contributed by atoms with Gasteiger partial charge in [0.05, 0.1) is 5.25 Å². The Hall–Kier alpha value is -2.56. The monoisotopic (exact) mass is 455 g/mol. The Bertz CT molecular complexity index is 978. The molecule has 5 nitrogen and oxygen atoms in total. The lowest BCUT2D eigenvalue weighted by molar-refractivity contribution is -0.117. The standard InChI is InChI=1S/C21H18BrN3O2S/c1-13-3-9-16(10-4-13)25-20(27)18(11-14-5-7-15(22)8-6-14)28-21(25)17(12-23)19(26)24-2/h3-10,18H,11H2,1-2H3,(H,24,26). The van der Waals surface area contributed by atoms with Gasteiger partial charge in [-0.15, -0.1) is 0 Å². The lowest BCUT2D eigenvalue weighted by Gasteiger charge is -2.18. The zero-order valence-corrected chi connectivity index (χ0v) is 17.8. The fourth-order valence-corrected chi connectivity index (χ4v) is 4.45. The predicted molar refractivity (Wildman–Crippen MR) is 115 cm³/mol. The number of benzene rings is 2. The number of nitriles is 1. The molecule has 7 heteroatoms. The number of hydrogen-bond donors (Lipinski definition) is 1. The SMILES string of the molecule is CNC(=O)C(C#N)=C1SC(Cc2ccc(Br)cc2)C(=O)N1c1ccc(C)cc1. The molecule has 1 heterocycles. The van der Waals surface area contributed by atoms with Gasteiger partial charge in [-0.25, -0.2) is 0 Å². The first-order valence-electron chi connectivity index (χ1n) is 8.62. The molecule has 0 saturated carbocycles. The third-order valence-corrected chi connectivity index (χ3v) is 6.15. The van der Waals surface area contributed by atoms with Crippen LogP contribution in [0.25, 0.3) is 0 Å². The molecule has 1 fully saturated rings. The van der Waals surface area contributed by atoms with Crippen molar-refractivity contribution in [2.75, 3.05) is 11.9 Å². The zero-order valence-electron chi connectivity index (χ0n) is 15.4. The van der Waals surface area contributed by atoms with E-state index >= 15 is 0 Å². The van der Waals surface area contributed by atoms with Gasteiger partial charge in [0, 0.05) is 17.2 Å². The molecule has 0 bridgehead atoms. The normalized spacial score (nSPS) is 18.0. The van der Waals surface area contributed by atoms with E-state index in [0.29, 0.717) is 17.1 Å². The molecule has 1 aliphatic heterocycles. The van der Waals surface area contributed by atoms with Crippen molar-refractivity contribution in [2.24, 2.45) is 0 Å². The average molecular weight is 456 g/mol. The van der Waals surface area contributed by atoms with Gasteiger partial charge in [0.15, 0.2) is 0 Å². The molecule has 1 saturated heterocycles. The van der Waals surface area contributed by atoms with Crippen molar-refractivity contribution in [1.82, 2.24) is 5.32 Å². The zero-order chi connectivity index (χ0) is 20.3. The number of halogens is 1. The van der Waals surface area contributed by atoms with Gasteiger partial charge in [-0.1, -0.05) is 57.5 Å². The molecule has 142 valence electrons. The van der Waals surface area contributed by atoms with Gasteiger partial charge in [-0.2, -0.15) is 5.26 Å². The minimum atomic E-state index is -0.501. The Morgan fingerprint density at radius 3 is 2.43 bits per heavy atom. The number of aryl methyl sites for hydroxylation is 1. The maximum Gasteiger partial charge on any atom is 0.264 e. The summed E-state index contributed by atoms with van der Waals surface area (Å²) in [7, 11) is 1.47. The summed E-state index contributed by atoms with van der Waals surface area (Å²) in [5.74, 6) is -0.636. The molecule has 2 amide bonds. The van der Waals surface area contributed by atoms with E-state index in [-0.39, 0.29) is 11.5 Å². The smallest absolute Gasteiger partial charge is 0.264 e. The maximum atomic E-state index is 13.2. The van der Waals surface area contributed by atoms with Gasteiger partial charge in [-0.05, 0) is 43.2 Å². The molecule has 0 spiro atoms. The molecule has 0 aliphatic carbocycles. The number of hydrogen-bond acceptors (Lipinski definition) is 4. The highest BCUT2D eigenvalue weighted by Crippen LogP contribution is 2.42. The van der Waals surface area contributed by atoms with Gasteiger partial charge < -0.3 is 5.32 Å². The van der Waals surface area contributed by atoms with E-state index in [4.69, 9.17) is 0 Å². The quantitative estimate of drug-likeness (QED) is 0.559. The lowest BCUT2D eigenvalue weighted by atomic mass is 10.1. The van der Waals surface area contributed by atoms with Crippen molar-refractivity contribution in [2.45, 2.75) is 18.6 Å². The average Bonchev–Trinajstić information content (AvgIpc) is 3.00. The molecular formula is C21H18BrN3O2S. The first-order valence-corrected chi connectivity index (χ1v) is 10.3. The number of likely N-dealkylation sites (N-methyl/N-ethyl adjacent to an activating group) is 1. The number of thioether (sulfide) groups is 1. The predicted octanol–water partition coefficient (Wildman–Crippen LogP) is 3.93. The van der Waals surface area contributed by atoms with E-state index in [2.05, 4.69) is 21.2 Å². The summed E-state index contributed by atoms with van der Waals surface area (Å²) in [6.45, 7) is 1.96. The van der Waals surface area contributed by atoms with Crippen LogP contribution in [0.4, 0.5) is 5.69 Å². The highest BCUT2D eigenvalue weighted by Gasteiger charge is 2.40. The Labute approximate surface area is 176 Å². The van der Waals surface area contributed by atoms with Crippen molar-refractivity contribution in [3.8, 4) is 6.07 Å². The van der Waals surface area contributed by atoms with Gasteiger partial charge >= 0.3 is 0 Å². The van der Waals surface area contributed by atoms with E-state index < -0.39 is 11.2 Å². The third kappa shape index (κ3) is 4.13. The summed E-state index contributed by atoms with van der Waals surface area (Å²) in [5.41, 5.74) is 2.66. The third-order valence-electron chi connectivity index (χ3n) is 4.36. The minimum absolute atomic E-state index is 0.0558. The molecule has 0 aromatic heterocycles. The van der Waals surface area contributed by atoms with Crippen molar-refractivity contribution in [3.63, 3.8) is 0 Å². The van der Waals surface area contributed by atoms with Crippen LogP contribution in [0.2, 0.25) is 0 Å². The number of anilines is 1. The highest BCUT2D eigenvalue weighted by atomic mass is 79.9. The molecule has 1 aliphatic rings. The topological polar surface area (TPSA) is 73.2 Å². The van der Waals surface area contributed by atoms with E-state index in [9.17, 15) is 14.9 Å². The second-order valence-corrected chi connectivity index (χ2v) is 8.42. The number of amides is 2. The Kier molecular flexibility index (Phi) is 6.22. The van der Waals surface area contributed by atoms with Crippen molar-refractivity contribution < 1.29 is 9.59 Å². The van der Waals surface area contributed by atoms with Crippen LogP contribution in [0, 0.1) is 18.3 Å². The first-order chi connectivity index (χ1) is 13.4. The number of nitrogens with one attached hydrogen (secondary N) is 1. The Morgan fingerprint density at radius 2 is 1.86 bits per heavy atom. The fraction of sp³-hybridized carbons (Fsp3) is 0.190. The Balaban J connectivity index is 2.03. The molecule has 2 aromatic rings. The molecule has 1 N–H and O–H groups in total. The second-order valence-electron chi connectivity index (χ2n) is 6.32. The van der Waals surface area contributed by atoms with E-state index in [1.165, 1.54) is 23.7 Å². The summed E-state index contributed by atoms with van der Waals surface area (Å²) in [4.78, 5) is 26.9. The van der Waals surface area contributed by atoms with Gasteiger partial charge in [0.2, 0.25) is 5.91 Å². The number of rotatable bonds is 4. The molecule has 3 rings (SSSR count). The second kappa shape index (κ2) is 8.63. The number of carbonyl (C=O) groups is 2. The summed E-state index contributed by atoms with van der Waals surface area (Å²) in [6, 6.07) is 17.2. The molecule has 1 atom stereocenters. The highest BCUT2D eigenvalue weighted by molar-refractivity contribution is 9.10. The van der Waals surface area contributed by atoms with E-state index in [1.54, 1.807) is 0 Å². The van der Waals surface area contributed by atoms with Crippen LogP contribution in [-0.4, -0.2) is 24.1 Å². The van der Waals surface area contributed by atoms with Crippen LogP contribution < -0.4 is 10.2 Å². The molecule has 28 heavy (non-hydrogen) atoms. The summed E-state index contributed by atoms with van der Waals surface area (Å²) < 4.78 is 0.968. The van der Waals surface area contributed by atoms with E-state index in [1.807, 2.05) is 61.5 Å². The number of nitrogens with zero attached hydrogens (tertiary/aromatic N) is 2. The van der Waals surface area contributed by atoms with Gasteiger partial charge in [0.25, 0.3) is 5.91 Å². The summed E-state index contributed by atoms with van der Waals surface area (Å²) >= 11 is 4.67. The molecule has 1 unspecified atom stereocenters. The lowest BCUT2D eigenvalue weighted by Crippen LogP contribution is -2.31. The van der Waals surface area contributed by atoms with Gasteiger partial charge in [-0.3, -0.25) is 14.5 Å². The molecule has 2 aromatic carbocycles. The largest absolute Gasteiger partial charge is 0.354 e. The van der Waals surface area contributed by atoms with Crippen LogP contribution >= 0.6 is 27.7 Å². The van der Waals surface area contributed by atoms with Crippen LogP contribution in [0.5, 0.6) is 0 Å². The van der Waals surface area contributed by atoms with Crippen LogP contribution in [0.3, 0.4) is 0 Å². The number of carbonyl (C=O) groups excluding carboxylic acids is 2. The summed E-state index contributed by atoms with van der Waals surface area (Å²) in [5, 5.41) is 12.0. The molecule has 0 radical (unpaired) electrons. The fourth-order valence-electron chi connectivity index (χ4n) is 2.88.